The molecule has 0 saturated heterocycles. The van der Waals surface area contributed by atoms with Crippen molar-refractivity contribution in [1.82, 2.24) is 0 Å². The predicted octanol–water partition coefficient (Wildman–Crippen LogP) is 3.86. The lowest BCUT2D eigenvalue weighted by Crippen LogP contribution is -2.37. The lowest BCUT2D eigenvalue weighted by molar-refractivity contribution is -0.117. The zero-order chi connectivity index (χ0) is 23.1. The van der Waals surface area contributed by atoms with Gasteiger partial charge in [-0.15, -0.1) is 0 Å². The van der Waals surface area contributed by atoms with Crippen LogP contribution in [0.3, 0.4) is 0 Å². The van der Waals surface area contributed by atoms with Crippen LogP contribution in [0.15, 0.2) is 78.9 Å². The van der Waals surface area contributed by atoms with Crippen LogP contribution >= 0.6 is 12.6 Å². The zero-order valence-corrected chi connectivity index (χ0v) is 18.5. The standard InChI is InChI=1S/C25H25N3O3S/c1-16(17-8-4-2-5-9-17)24(30)28-22-13-12-19(27-25(31)21(26)15-32)14-20(22)23(29)18-10-6-3-7-11-18/h2-14,16,21,32H,15,26H2,1H3,(H,27,31)(H,28,30)/t16?,21-/m0/s1. The van der Waals surface area contributed by atoms with Gasteiger partial charge in [-0.3, -0.25) is 14.4 Å². The van der Waals surface area contributed by atoms with Gasteiger partial charge < -0.3 is 16.4 Å². The molecule has 3 aromatic rings. The maximum absolute atomic E-state index is 13.2. The van der Waals surface area contributed by atoms with E-state index in [9.17, 15) is 14.4 Å². The maximum atomic E-state index is 13.2. The van der Waals surface area contributed by atoms with Crippen LogP contribution in [0.4, 0.5) is 11.4 Å². The van der Waals surface area contributed by atoms with Crippen molar-refractivity contribution in [2.45, 2.75) is 18.9 Å². The highest BCUT2D eigenvalue weighted by Gasteiger charge is 2.21. The van der Waals surface area contributed by atoms with Crippen molar-refractivity contribution in [3.63, 3.8) is 0 Å². The van der Waals surface area contributed by atoms with Gasteiger partial charge in [0.05, 0.1) is 17.6 Å². The van der Waals surface area contributed by atoms with E-state index in [-0.39, 0.29) is 23.0 Å². The van der Waals surface area contributed by atoms with Crippen molar-refractivity contribution >= 4 is 41.6 Å². The van der Waals surface area contributed by atoms with E-state index in [4.69, 9.17) is 5.73 Å². The topological polar surface area (TPSA) is 101 Å². The van der Waals surface area contributed by atoms with Gasteiger partial charge in [0, 0.05) is 22.6 Å². The fourth-order valence-corrected chi connectivity index (χ4v) is 3.28. The van der Waals surface area contributed by atoms with Crippen molar-refractivity contribution in [2.24, 2.45) is 5.73 Å². The van der Waals surface area contributed by atoms with Crippen LogP contribution in [0.2, 0.25) is 0 Å². The number of anilines is 2. The third-order valence-corrected chi connectivity index (χ3v) is 5.45. The van der Waals surface area contributed by atoms with Crippen molar-refractivity contribution in [2.75, 3.05) is 16.4 Å². The highest BCUT2D eigenvalue weighted by Crippen LogP contribution is 2.26. The molecule has 2 atom stereocenters. The largest absolute Gasteiger partial charge is 0.325 e. The minimum atomic E-state index is -0.780. The van der Waals surface area contributed by atoms with Gasteiger partial charge >= 0.3 is 0 Å². The van der Waals surface area contributed by atoms with Gasteiger partial charge in [0.2, 0.25) is 11.8 Å². The van der Waals surface area contributed by atoms with Gasteiger partial charge in [0.15, 0.2) is 5.78 Å². The Kier molecular flexibility index (Phi) is 7.81. The summed E-state index contributed by atoms with van der Waals surface area (Å²) in [6.07, 6.45) is 0. The molecule has 0 spiro atoms. The minimum Gasteiger partial charge on any atom is -0.325 e. The number of nitrogens with two attached hydrogens (primary N) is 1. The molecule has 6 nitrogen and oxygen atoms in total. The molecule has 3 rings (SSSR count). The van der Waals surface area contributed by atoms with Crippen molar-refractivity contribution in [1.29, 1.82) is 0 Å². The number of amides is 2. The third kappa shape index (κ3) is 5.63. The minimum absolute atomic E-state index is 0.188. The van der Waals surface area contributed by atoms with E-state index >= 15 is 0 Å². The SMILES string of the molecule is CC(C(=O)Nc1ccc(NC(=O)[C@@H](N)CS)cc1C(=O)c1ccccc1)c1ccccc1. The maximum Gasteiger partial charge on any atom is 0.242 e. The average molecular weight is 448 g/mol. The van der Waals surface area contributed by atoms with Gasteiger partial charge in [-0.05, 0) is 30.7 Å². The monoisotopic (exact) mass is 447 g/mol. The predicted molar refractivity (Wildman–Crippen MR) is 130 cm³/mol. The number of carbonyl (C=O) groups excluding carboxylic acids is 3. The Morgan fingerprint density at radius 1 is 0.875 bits per heavy atom. The Bertz CT molecular complexity index is 1100. The molecule has 3 aromatic carbocycles. The highest BCUT2D eigenvalue weighted by atomic mass is 32.1. The van der Waals surface area contributed by atoms with Gasteiger partial charge in [-0.2, -0.15) is 12.6 Å². The molecule has 164 valence electrons. The Morgan fingerprint density at radius 2 is 1.50 bits per heavy atom. The summed E-state index contributed by atoms with van der Waals surface area (Å²) in [7, 11) is 0. The van der Waals surface area contributed by atoms with E-state index in [0.717, 1.165) is 5.56 Å². The first-order chi connectivity index (χ1) is 15.4. The molecule has 0 heterocycles. The zero-order valence-electron chi connectivity index (χ0n) is 17.6. The van der Waals surface area contributed by atoms with Crippen molar-refractivity contribution < 1.29 is 14.4 Å². The molecule has 0 aromatic heterocycles. The van der Waals surface area contributed by atoms with Crippen molar-refractivity contribution in [3.8, 4) is 0 Å². The molecule has 0 fully saturated rings. The van der Waals surface area contributed by atoms with Crippen LogP contribution in [-0.4, -0.2) is 29.4 Å². The van der Waals surface area contributed by atoms with E-state index in [1.807, 2.05) is 36.4 Å². The molecular weight excluding hydrogens is 422 g/mol. The number of ketones is 1. The number of hydrogen-bond donors (Lipinski definition) is 4. The first-order valence-corrected chi connectivity index (χ1v) is 10.8. The molecule has 0 bridgehead atoms. The molecule has 1 unspecified atom stereocenters. The fourth-order valence-electron chi connectivity index (χ4n) is 3.12. The molecule has 0 radical (unpaired) electrons. The Morgan fingerprint density at radius 3 is 2.12 bits per heavy atom. The molecule has 4 N–H and O–H groups in total. The molecule has 0 aliphatic heterocycles. The van der Waals surface area contributed by atoms with Gasteiger partial charge in [0.1, 0.15) is 0 Å². The molecule has 0 aliphatic rings. The summed E-state index contributed by atoms with van der Waals surface area (Å²) in [6, 6.07) is 22.1. The summed E-state index contributed by atoms with van der Waals surface area (Å²) in [5, 5.41) is 5.56. The lowest BCUT2D eigenvalue weighted by Gasteiger charge is -2.17. The molecule has 0 aliphatic carbocycles. The average Bonchev–Trinajstić information content (AvgIpc) is 2.84. The van der Waals surface area contributed by atoms with E-state index in [2.05, 4.69) is 23.3 Å². The quantitative estimate of drug-likeness (QED) is 0.311. The number of carbonyl (C=O) groups is 3. The van der Waals surface area contributed by atoms with Crippen LogP contribution < -0.4 is 16.4 Å². The highest BCUT2D eigenvalue weighted by molar-refractivity contribution is 7.80. The third-order valence-electron chi connectivity index (χ3n) is 5.05. The van der Waals surface area contributed by atoms with Crippen LogP contribution in [0, 0.1) is 0 Å². The lowest BCUT2D eigenvalue weighted by atomic mass is 9.98. The van der Waals surface area contributed by atoms with Gasteiger partial charge in [-0.1, -0.05) is 60.7 Å². The summed E-state index contributed by atoms with van der Waals surface area (Å²) >= 11 is 4.04. The van der Waals surface area contributed by atoms with Crippen LogP contribution in [0.1, 0.15) is 34.3 Å². The smallest absolute Gasteiger partial charge is 0.242 e. The molecule has 0 saturated carbocycles. The van der Waals surface area contributed by atoms with E-state index in [1.165, 1.54) is 0 Å². The summed E-state index contributed by atoms with van der Waals surface area (Å²) in [5.41, 5.74) is 8.09. The van der Waals surface area contributed by atoms with Gasteiger partial charge in [0.25, 0.3) is 0 Å². The first-order valence-electron chi connectivity index (χ1n) is 10.2. The van der Waals surface area contributed by atoms with E-state index < -0.39 is 17.9 Å². The summed E-state index contributed by atoms with van der Waals surface area (Å²) in [5.74, 6) is -1.15. The molecular formula is C25H25N3O3S. The number of hydrogen-bond acceptors (Lipinski definition) is 5. The molecule has 7 heteroatoms. The van der Waals surface area contributed by atoms with Crippen LogP contribution in [0.25, 0.3) is 0 Å². The summed E-state index contributed by atoms with van der Waals surface area (Å²) < 4.78 is 0. The molecule has 2 amide bonds. The number of thiol groups is 1. The number of nitrogens with one attached hydrogen (secondary N) is 2. The Balaban J connectivity index is 1.92. The van der Waals surface area contributed by atoms with Crippen molar-refractivity contribution in [3.05, 3.63) is 95.6 Å². The second-order valence-electron chi connectivity index (χ2n) is 7.36. The second kappa shape index (κ2) is 10.7. The fraction of sp³-hybridized carbons (Fsp3) is 0.160. The number of benzene rings is 3. The van der Waals surface area contributed by atoms with E-state index in [1.54, 1.807) is 49.4 Å². The number of rotatable bonds is 8. The van der Waals surface area contributed by atoms with E-state index in [0.29, 0.717) is 16.9 Å². The van der Waals surface area contributed by atoms with Crippen LogP contribution in [0.5, 0.6) is 0 Å². The first kappa shape index (κ1) is 23.2. The normalized spacial score (nSPS) is 12.5. The van der Waals surface area contributed by atoms with Crippen LogP contribution in [-0.2, 0) is 9.59 Å². The second-order valence-corrected chi connectivity index (χ2v) is 7.72. The summed E-state index contributed by atoms with van der Waals surface area (Å²) in [6.45, 7) is 1.80. The molecule has 32 heavy (non-hydrogen) atoms. The Labute approximate surface area is 192 Å². The van der Waals surface area contributed by atoms with Gasteiger partial charge in [-0.25, -0.2) is 0 Å². The summed E-state index contributed by atoms with van der Waals surface area (Å²) in [4.78, 5) is 38.3. The Hall–Kier alpha value is -3.42.